The Balaban J connectivity index is 1.76. The fraction of sp³-hybridized carbons (Fsp3) is 0.375. The van der Waals surface area contributed by atoms with Gasteiger partial charge >= 0.3 is 0 Å². The quantitative estimate of drug-likeness (QED) is 0.758. The van der Waals surface area contributed by atoms with Gasteiger partial charge in [-0.25, -0.2) is 0 Å². The zero-order chi connectivity index (χ0) is 15.5. The molecule has 0 unspecified atom stereocenters. The molecule has 22 heavy (non-hydrogen) atoms. The smallest absolute Gasteiger partial charge is 0.176 e. The van der Waals surface area contributed by atoms with Gasteiger partial charge in [-0.1, -0.05) is 12.1 Å². The molecule has 116 valence electrons. The van der Waals surface area contributed by atoms with E-state index in [0.717, 1.165) is 34.8 Å². The summed E-state index contributed by atoms with van der Waals surface area (Å²) in [5.41, 5.74) is 0.783. The van der Waals surface area contributed by atoms with Gasteiger partial charge in [0.05, 0.1) is 19.7 Å². The molecule has 0 aliphatic carbocycles. The summed E-state index contributed by atoms with van der Waals surface area (Å²) in [6.45, 7) is 5.64. The molecular weight excluding hydrogens is 280 g/mol. The number of aryl methyl sites for hydroxylation is 1. The van der Waals surface area contributed by atoms with Crippen LogP contribution in [0.5, 0.6) is 5.75 Å². The maximum Gasteiger partial charge on any atom is 0.176 e. The van der Waals surface area contributed by atoms with Crippen molar-refractivity contribution in [2.75, 3.05) is 7.11 Å². The van der Waals surface area contributed by atoms with Crippen LogP contribution in [0.15, 0.2) is 35.0 Å². The number of para-hydroxylation sites is 1. The molecule has 1 atom stereocenters. The summed E-state index contributed by atoms with van der Waals surface area (Å²) in [4.78, 5) is 0. The molecule has 0 aliphatic rings. The van der Waals surface area contributed by atoms with Crippen LogP contribution < -0.4 is 10.1 Å². The molecule has 0 spiro atoms. The number of fused-ring (bicyclic) bond motifs is 1. The normalized spacial score (nSPS) is 12.7. The third-order valence-corrected chi connectivity index (χ3v) is 3.78. The number of benzene rings is 1. The Labute approximate surface area is 129 Å². The van der Waals surface area contributed by atoms with E-state index in [1.807, 2.05) is 28.8 Å². The van der Waals surface area contributed by atoms with Gasteiger partial charge in [-0.3, -0.25) is 0 Å². The van der Waals surface area contributed by atoms with Crippen molar-refractivity contribution in [2.45, 2.75) is 33.0 Å². The van der Waals surface area contributed by atoms with Crippen LogP contribution in [0.2, 0.25) is 0 Å². The highest BCUT2D eigenvalue weighted by atomic mass is 16.5. The van der Waals surface area contributed by atoms with Crippen LogP contribution in [0.25, 0.3) is 11.0 Å². The highest BCUT2D eigenvalue weighted by molar-refractivity contribution is 5.83. The number of furan rings is 1. The predicted octanol–water partition coefficient (Wildman–Crippen LogP) is 2.90. The fourth-order valence-electron chi connectivity index (χ4n) is 2.46. The first-order valence-corrected chi connectivity index (χ1v) is 7.39. The summed E-state index contributed by atoms with van der Waals surface area (Å²) in [7, 11) is 1.65. The van der Waals surface area contributed by atoms with Crippen molar-refractivity contribution in [3.05, 3.63) is 42.2 Å². The zero-order valence-corrected chi connectivity index (χ0v) is 13.0. The van der Waals surface area contributed by atoms with Crippen molar-refractivity contribution in [3.8, 4) is 5.75 Å². The summed E-state index contributed by atoms with van der Waals surface area (Å²) in [5.74, 6) is 2.55. The molecule has 0 bridgehead atoms. The van der Waals surface area contributed by atoms with Crippen molar-refractivity contribution < 1.29 is 9.15 Å². The van der Waals surface area contributed by atoms with E-state index in [4.69, 9.17) is 9.15 Å². The molecule has 3 aromatic rings. The van der Waals surface area contributed by atoms with E-state index >= 15 is 0 Å². The highest BCUT2D eigenvalue weighted by Gasteiger charge is 2.14. The minimum atomic E-state index is 0.0686. The van der Waals surface area contributed by atoms with E-state index in [2.05, 4.69) is 29.4 Å². The molecule has 0 aliphatic heterocycles. The van der Waals surface area contributed by atoms with Crippen LogP contribution in [-0.2, 0) is 13.1 Å². The Morgan fingerprint density at radius 3 is 3.05 bits per heavy atom. The molecule has 0 saturated carbocycles. The molecule has 2 aromatic heterocycles. The summed E-state index contributed by atoms with van der Waals surface area (Å²) in [5, 5.41) is 12.5. The van der Waals surface area contributed by atoms with E-state index in [1.165, 1.54) is 0 Å². The molecule has 2 heterocycles. The van der Waals surface area contributed by atoms with E-state index in [9.17, 15) is 0 Å². The average molecular weight is 300 g/mol. The Kier molecular flexibility index (Phi) is 4.11. The van der Waals surface area contributed by atoms with E-state index in [-0.39, 0.29) is 6.04 Å². The molecule has 6 heteroatoms. The molecule has 0 saturated heterocycles. The first-order valence-electron chi connectivity index (χ1n) is 7.39. The van der Waals surface area contributed by atoms with Gasteiger partial charge in [0.2, 0.25) is 0 Å². The predicted molar refractivity (Wildman–Crippen MR) is 83.7 cm³/mol. The number of hydrogen-bond acceptors (Lipinski definition) is 5. The second kappa shape index (κ2) is 6.19. The molecule has 0 amide bonds. The van der Waals surface area contributed by atoms with Crippen LogP contribution in [0, 0.1) is 0 Å². The molecule has 1 N–H and O–H groups in total. The summed E-state index contributed by atoms with van der Waals surface area (Å²) >= 11 is 0. The van der Waals surface area contributed by atoms with Crippen LogP contribution in [0.1, 0.15) is 31.5 Å². The lowest BCUT2D eigenvalue weighted by atomic mass is 10.2. The van der Waals surface area contributed by atoms with Gasteiger partial charge < -0.3 is 19.0 Å². The number of nitrogens with one attached hydrogen (secondary N) is 1. The molecule has 6 nitrogen and oxygen atoms in total. The SMILES string of the molecule is CCn1cnnc1CN[C@@H](C)c1cc2cccc(OC)c2o1. The van der Waals surface area contributed by atoms with Crippen LogP contribution in [-0.4, -0.2) is 21.9 Å². The number of nitrogens with zero attached hydrogens (tertiary/aromatic N) is 3. The van der Waals surface area contributed by atoms with Crippen molar-refractivity contribution in [1.29, 1.82) is 0 Å². The third kappa shape index (κ3) is 2.69. The molecule has 0 radical (unpaired) electrons. The lowest BCUT2D eigenvalue weighted by Crippen LogP contribution is -2.20. The van der Waals surface area contributed by atoms with Crippen molar-refractivity contribution in [3.63, 3.8) is 0 Å². The van der Waals surface area contributed by atoms with Crippen molar-refractivity contribution >= 4 is 11.0 Å². The van der Waals surface area contributed by atoms with Gasteiger partial charge in [0.25, 0.3) is 0 Å². The van der Waals surface area contributed by atoms with Gasteiger partial charge in [-0.05, 0) is 26.0 Å². The largest absolute Gasteiger partial charge is 0.493 e. The zero-order valence-electron chi connectivity index (χ0n) is 13.0. The van der Waals surface area contributed by atoms with Gasteiger partial charge in [0, 0.05) is 11.9 Å². The topological polar surface area (TPSA) is 65.1 Å². The van der Waals surface area contributed by atoms with Crippen molar-refractivity contribution in [2.24, 2.45) is 0 Å². The van der Waals surface area contributed by atoms with Crippen LogP contribution in [0.4, 0.5) is 0 Å². The standard InChI is InChI=1S/C16H20N4O2/c1-4-20-10-18-19-15(20)9-17-11(2)14-8-12-6-5-7-13(21-3)16(12)22-14/h5-8,10-11,17H,4,9H2,1-3H3/t11-/m0/s1. The third-order valence-electron chi connectivity index (χ3n) is 3.78. The van der Waals surface area contributed by atoms with Crippen molar-refractivity contribution in [1.82, 2.24) is 20.1 Å². The molecule has 0 fully saturated rings. The lowest BCUT2D eigenvalue weighted by Gasteiger charge is -2.11. The van der Waals surface area contributed by atoms with Gasteiger partial charge in [0.15, 0.2) is 11.3 Å². The first-order chi connectivity index (χ1) is 10.7. The van der Waals surface area contributed by atoms with Gasteiger partial charge in [-0.2, -0.15) is 0 Å². The van der Waals surface area contributed by atoms with Gasteiger partial charge in [0.1, 0.15) is 17.9 Å². The Bertz CT molecular complexity index is 762. The summed E-state index contributed by atoms with van der Waals surface area (Å²) in [6, 6.07) is 7.99. The number of aromatic nitrogens is 3. The highest BCUT2D eigenvalue weighted by Crippen LogP contribution is 2.30. The number of rotatable bonds is 6. The minimum absolute atomic E-state index is 0.0686. The Morgan fingerprint density at radius 1 is 1.41 bits per heavy atom. The second-order valence-electron chi connectivity index (χ2n) is 5.16. The summed E-state index contributed by atoms with van der Waals surface area (Å²) in [6.07, 6.45) is 1.74. The van der Waals surface area contributed by atoms with E-state index < -0.39 is 0 Å². The number of hydrogen-bond donors (Lipinski definition) is 1. The number of methoxy groups -OCH3 is 1. The Morgan fingerprint density at radius 2 is 2.27 bits per heavy atom. The maximum absolute atomic E-state index is 5.95. The molecular formula is C16H20N4O2. The Hall–Kier alpha value is -2.34. The second-order valence-corrected chi connectivity index (χ2v) is 5.16. The van der Waals surface area contributed by atoms with E-state index in [0.29, 0.717) is 6.54 Å². The first kappa shape index (κ1) is 14.6. The average Bonchev–Trinajstić information content (AvgIpc) is 3.17. The van der Waals surface area contributed by atoms with Crippen LogP contribution >= 0.6 is 0 Å². The lowest BCUT2D eigenvalue weighted by molar-refractivity contribution is 0.398. The van der Waals surface area contributed by atoms with Crippen LogP contribution in [0.3, 0.4) is 0 Å². The monoisotopic (exact) mass is 300 g/mol. The van der Waals surface area contributed by atoms with Gasteiger partial charge in [-0.15, -0.1) is 10.2 Å². The van der Waals surface area contributed by atoms with E-state index in [1.54, 1.807) is 13.4 Å². The maximum atomic E-state index is 5.95. The minimum Gasteiger partial charge on any atom is -0.493 e. The molecule has 3 rings (SSSR count). The number of ether oxygens (including phenoxy) is 1. The summed E-state index contributed by atoms with van der Waals surface area (Å²) < 4.78 is 13.3. The molecule has 1 aromatic carbocycles. The fourth-order valence-corrected chi connectivity index (χ4v) is 2.46.